The van der Waals surface area contributed by atoms with Crippen LogP contribution in [0.4, 0.5) is 5.82 Å². The van der Waals surface area contributed by atoms with Crippen LogP contribution in [0.15, 0.2) is 11.1 Å². The Kier molecular flexibility index (Phi) is 2.90. The van der Waals surface area contributed by atoms with E-state index < -0.39 is 10.0 Å². The summed E-state index contributed by atoms with van der Waals surface area (Å²) in [4.78, 5) is 0.0807. The van der Waals surface area contributed by atoms with Gasteiger partial charge in [-0.1, -0.05) is 13.8 Å². The lowest BCUT2D eigenvalue weighted by Crippen LogP contribution is -2.41. The number of nitrogen functional groups attached to an aromatic ring is 1. The first-order valence-corrected chi connectivity index (χ1v) is 7.06. The summed E-state index contributed by atoms with van der Waals surface area (Å²) in [6.07, 6.45) is 3.00. The second-order valence-electron chi connectivity index (χ2n) is 5.22. The van der Waals surface area contributed by atoms with Gasteiger partial charge in [-0.15, -0.1) is 0 Å². The van der Waals surface area contributed by atoms with E-state index in [9.17, 15) is 8.42 Å². The molecule has 7 heteroatoms. The van der Waals surface area contributed by atoms with Crippen LogP contribution >= 0.6 is 0 Å². The summed E-state index contributed by atoms with van der Waals surface area (Å²) >= 11 is 0. The van der Waals surface area contributed by atoms with Crippen molar-refractivity contribution in [3.63, 3.8) is 0 Å². The van der Waals surface area contributed by atoms with E-state index in [0.29, 0.717) is 13.1 Å². The fourth-order valence-electron chi connectivity index (χ4n) is 1.96. The molecule has 0 spiro atoms. The Morgan fingerprint density at radius 2 is 2.00 bits per heavy atom. The van der Waals surface area contributed by atoms with Gasteiger partial charge in [0.1, 0.15) is 10.7 Å². The number of nitrogens with one attached hydrogen (secondary N) is 1. The van der Waals surface area contributed by atoms with Gasteiger partial charge in [-0.25, -0.2) is 8.42 Å². The summed E-state index contributed by atoms with van der Waals surface area (Å²) in [5.74, 6) is 0.106. The molecule has 6 nitrogen and oxygen atoms in total. The van der Waals surface area contributed by atoms with E-state index in [2.05, 4.69) is 24.0 Å². The molecule has 0 atom stereocenters. The van der Waals surface area contributed by atoms with Crippen LogP contribution in [0.25, 0.3) is 0 Å². The third-order valence-corrected chi connectivity index (χ3v) is 5.25. The van der Waals surface area contributed by atoms with Crippen molar-refractivity contribution in [3.05, 3.63) is 6.20 Å². The average molecular weight is 258 g/mol. The molecule has 0 aliphatic carbocycles. The summed E-state index contributed by atoms with van der Waals surface area (Å²) < 4.78 is 26.0. The third kappa shape index (κ3) is 2.30. The highest BCUT2D eigenvalue weighted by atomic mass is 32.2. The van der Waals surface area contributed by atoms with Crippen molar-refractivity contribution < 1.29 is 8.42 Å². The number of hydrogen-bond donors (Lipinski definition) is 2. The minimum absolute atomic E-state index is 0.0807. The lowest BCUT2D eigenvalue weighted by atomic mass is 9.83. The van der Waals surface area contributed by atoms with E-state index >= 15 is 0 Å². The van der Waals surface area contributed by atoms with Crippen molar-refractivity contribution >= 4 is 15.8 Å². The highest BCUT2D eigenvalue weighted by molar-refractivity contribution is 7.89. The largest absolute Gasteiger partial charge is 0.383 e. The van der Waals surface area contributed by atoms with Crippen LogP contribution in [0.5, 0.6) is 0 Å². The Hall–Kier alpha value is -1.08. The van der Waals surface area contributed by atoms with Crippen LogP contribution in [-0.2, 0) is 10.0 Å². The van der Waals surface area contributed by atoms with E-state index in [0.717, 1.165) is 12.8 Å². The monoisotopic (exact) mass is 258 g/mol. The molecule has 1 aromatic heterocycles. The highest BCUT2D eigenvalue weighted by Crippen LogP contribution is 2.32. The standard InChI is InChI=1S/C10H18N4O2S/c1-10(2)3-5-14(6-4-10)17(15,16)8-7-12-13-9(8)11/h7H,3-6H2,1-2H3,(H3,11,12,13). The first kappa shape index (κ1) is 12.4. The van der Waals surface area contributed by atoms with Crippen LogP contribution in [0, 0.1) is 5.41 Å². The number of sulfonamides is 1. The second kappa shape index (κ2) is 3.99. The number of piperidine rings is 1. The van der Waals surface area contributed by atoms with Crippen molar-refractivity contribution in [2.75, 3.05) is 18.8 Å². The number of anilines is 1. The maximum atomic E-state index is 12.3. The number of aromatic amines is 1. The zero-order valence-corrected chi connectivity index (χ0v) is 10.9. The normalized spacial score (nSPS) is 21.5. The van der Waals surface area contributed by atoms with Gasteiger partial charge in [0.2, 0.25) is 10.0 Å². The lowest BCUT2D eigenvalue weighted by molar-refractivity contribution is 0.196. The molecule has 1 aromatic rings. The molecule has 1 saturated heterocycles. The van der Waals surface area contributed by atoms with Crippen molar-refractivity contribution in [2.45, 2.75) is 31.6 Å². The maximum Gasteiger partial charge on any atom is 0.248 e. The van der Waals surface area contributed by atoms with Gasteiger partial charge in [0.25, 0.3) is 0 Å². The topological polar surface area (TPSA) is 92.1 Å². The Balaban J connectivity index is 2.22. The second-order valence-corrected chi connectivity index (χ2v) is 7.12. The minimum atomic E-state index is -3.48. The molecule has 0 unspecified atom stereocenters. The lowest BCUT2D eigenvalue weighted by Gasteiger charge is -2.35. The summed E-state index contributed by atoms with van der Waals surface area (Å²) in [7, 11) is -3.48. The molecule has 2 heterocycles. The zero-order chi connectivity index (χ0) is 12.7. The predicted octanol–water partition coefficient (Wildman–Crippen LogP) is 0.803. The van der Waals surface area contributed by atoms with Crippen LogP contribution < -0.4 is 5.73 Å². The smallest absolute Gasteiger partial charge is 0.248 e. The predicted molar refractivity (Wildman–Crippen MR) is 64.8 cm³/mol. The molecule has 3 N–H and O–H groups in total. The van der Waals surface area contributed by atoms with Crippen LogP contribution in [0.3, 0.4) is 0 Å². The Morgan fingerprint density at radius 3 is 2.47 bits per heavy atom. The molecule has 0 radical (unpaired) electrons. The Bertz CT molecular complexity index is 496. The highest BCUT2D eigenvalue weighted by Gasteiger charge is 2.34. The number of hydrogen-bond acceptors (Lipinski definition) is 4. The molecule has 1 aliphatic rings. The summed E-state index contributed by atoms with van der Waals surface area (Å²) in [6, 6.07) is 0. The molecule has 0 saturated carbocycles. The van der Waals surface area contributed by atoms with Crippen molar-refractivity contribution in [2.24, 2.45) is 5.41 Å². The summed E-state index contributed by atoms with van der Waals surface area (Å²) in [5, 5.41) is 6.11. The van der Waals surface area contributed by atoms with Gasteiger partial charge < -0.3 is 5.73 Å². The molecule has 17 heavy (non-hydrogen) atoms. The number of aromatic nitrogens is 2. The van der Waals surface area contributed by atoms with Gasteiger partial charge >= 0.3 is 0 Å². The average Bonchev–Trinajstić information content (AvgIpc) is 2.64. The summed E-state index contributed by atoms with van der Waals surface area (Å²) in [5.41, 5.74) is 5.78. The van der Waals surface area contributed by atoms with Gasteiger partial charge in [0.15, 0.2) is 0 Å². The van der Waals surface area contributed by atoms with Crippen LogP contribution in [0.1, 0.15) is 26.7 Å². The fraction of sp³-hybridized carbons (Fsp3) is 0.700. The first-order valence-electron chi connectivity index (χ1n) is 5.62. The fourth-order valence-corrected chi connectivity index (χ4v) is 3.41. The van der Waals surface area contributed by atoms with E-state index in [4.69, 9.17) is 5.73 Å². The molecule has 1 fully saturated rings. The molecular weight excluding hydrogens is 240 g/mol. The van der Waals surface area contributed by atoms with E-state index in [1.807, 2.05) is 0 Å². The molecule has 0 bridgehead atoms. The van der Waals surface area contributed by atoms with Crippen LogP contribution in [0.2, 0.25) is 0 Å². The SMILES string of the molecule is CC1(C)CCN(S(=O)(=O)c2cn[nH]c2N)CC1. The number of rotatable bonds is 2. The Labute approximate surface area is 101 Å². The maximum absolute atomic E-state index is 12.3. The van der Waals surface area contributed by atoms with Gasteiger partial charge in [-0.05, 0) is 18.3 Å². The van der Waals surface area contributed by atoms with Crippen molar-refractivity contribution in [1.82, 2.24) is 14.5 Å². The van der Waals surface area contributed by atoms with E-state index in [-0.39, 0.29) is 16.1 Å². The molecule has 1 aliphatic heterocycles. The van der Waals surface area contributed by atoms with Crippen molar-refractivity contribution in [3.8, 4) is 0 Å². The molecule has 96 valence electrons. The summed E-state index contributed by atoms with van der Waals surface area (Å²) in [6.45, 7) is 5.40. The molecule has 2 rings (SSSR count). The number of nitrogens with zero attached hydrogens (tertiary/aromatic N) is 2. The van der Waals surface area contributed by atoms with Gasteiger partial charge in [0, 0.05) is 13.1 Å². The minimum Gasteiger partial charge on any atom is -0.383 e. The van der Waals surface area contributed by atoms with Crippen molar-refractivity contribution in [1.29, 1.82) is 0 Å². The van der Waals surface area contributed by atoms with Gasteiger partial charge in [-0.2, -0.15) is 9.40 Å². The van der Waals surface area contributed by atoms with Crippen LogP contribution in [-0.4, -0.2) is 36.0 Å². The number of H-pyrrole nitrogens is 1. The Morgan fingerprint density at radius 1 is 1.41 bits per heavy atom. The molecule has 0 amide bonds. The first-order chi connectivity index (χ1) is 7.83. The third-order valence-electron chi connectivity index (χ3n) is 3.33. The van der Waals surface area contributed by atoms with E-state index in [1.54, 1.807) is 0 Å². The van der Waals surface area contributed by atoms with E-state index in [1.165, 1.54) is 10.5 Å². The van der Waals surface area contributed by atoms with Gasteiger partial charge in [0.05, 0.1) is 6.20 Å². The number of nitrogens with two attached hydrogens (primary N) is 1. The molecule has 0 aromatic carbocycles. The van der Waals surface area contributed by atoms with Gasteiger partial charge in [-0.3, -0.25) is 5.10 Å². The quantitative estimate of drug-likeness (QED) is 0.820. The zero-order valence-electron chi connectivity index (χ0n) is 10.1. The molecular formula is C10H18N4O2S.